The number of hydrogen-bond acceptors (Lipinski definition) is 1. The molecule has 1 heterocycles. The summed E-state index contributed by atoms with van der Waals surface area (Å²) in [7, 11) is 0. The van der Waals surface area contributed by atoms with Crippen molar-refractivity contribution in [2.24, 2.45) is 17.8 Å². The Bertz CT molecular complexity index is 1640. The number of aromatic nitrogens is 1. The van der Waals surface area contributed by atoms with E-state index in [-0.39, 0.29) is 5.41 Å². The highest BCUT2D eigenvalue weighted by molar-refractivity contribution is 5.95. The smallest absolute Gasteiger partial charge is 0.0346 e. The van der Waals surface area contributed by atoms with Crippen molar-refractivity contribution in [2.75, 3.05) is 0 Å². The van der Waals surface area contributed by atoms with Crippen LogP contribution in [0.3, 0.4) is 0 Å². The van der Waals surface area contributed by atoms with E-state index in [1.807, 2.05) is 18.5 Å². The van der Waals surface area contributed by atoms with Gasteiger partial charge in [0.05, 0.1) is 0 Å². The van der Waals surface area contributed by atoms with E-state index in [0.29, 0.717) is 11.8 Å². The van der Waals surface area contributed by atoms with Crippen LogP contribution in [0.25, 0.3) is 27.8 Å². The summed E-state index contributed by atoms with van der Waals surface area (Å²) in [5.41, 5.74) is 18.4. The van der Waals surface area contributed by atoms with Crippen molar-refractivity contribution in [2.45, 2.75) is 50.9 Å². The van der Waals surface area contributed by atoms with Crippen LogP contribution >= 0.6 is 0 Å². The largest absolute Gasteiger partial charge is 0.264 e. The minimum atomic E-state index is 0.0553. The number of allylic oxidation sites excluding steroid dienone is 8. The van der Waals surface area contributed by atoms with Crippen LogP contribution in [-0.4, -0.2) is 4.98 Å². The van der Waals surface area contributed by atoms with E-state index < -0.39 is 0 Å². The lowest BCUT2D eigenvalue weighted by Gasteiger charge is -2.28. The average Bonchev–Trinajstić information content (AvgIpc) is 3.86. The molecule has 2 saturated carbocycles. The van der Waals surface area contributed by atoms with Crippen LogP contribution in [0.5, 0.6) is 0 Å². The van der Waals surface area contributed by atoms with Crippen LogP contribution in [0.4, 0.5) is 0 Å². The molecule has 37 heavy (non-hydrogen) atoms. The lowest BCUT2D eigenvalue weighted by atomic mass is 9.75. The van der Waals surface area contributed by atoms with E-state index >= 15 is 0 Å². The van der Waals surface area contributed by atoms with Crippen molar-refractivity contribution in [3.8, 4) is 11.1 Å². The van der Waals surface area contributed by atoms with Crippen LogP contribution in [0, 0.1) is 17.8 Å². The maximum atomic E-state index is 4.30. The van der Waals surface area contributed by atoms with E-state index in [1.54, 1.807) is 50.1 Å². The van der Waals surface area contributed by atoms with Crippen LogP contribution in [0.2, 0.25) is 0 Å². The highest BCUT2D eigenvalue weighted by Gasteiger charge is 2.53. The van der Waals surface area contributed by atoms with E-state index in [1.165, 1.54) is 42.4 Å². The van der Waals surface area contributed by atoms with Crippen LogP contribution < -0.4 is 0 Å². The predicted molar refractivity (Wildman–Crippen MR) is 152 cm³/mol. The number of fused-ring (bicyclic) bond motifs is 9. The first-order chi connectivity index (χ1) is 18.1. The molecule has 1 nitrogen and oxygen atoms in total. The Balaban J connectivity index is 1.15. The molecule has 0 saturated heterocycles. The second-order valence-corrected chi connectivity index (χ2v) is 12.6. The third-order valence-electron chi connectivity index (χ3n) is 10.3. The zero-order valence-corrected chi connectivity index (χ0v) is 21.6. The van der Waals surface area contributed by atoms with Gasteiger partial charge in [-0.3, -0.25) is 4.98 Å². The number of rotatable bonds is 2. The minimum absolute atomic E-state index is 0.0553. The van der Waals surface area contributed by atoms with E-state index in [4.69, 9.17) is 0 Å². The Kier molecular flexibility index (Phi) is 3.84. The summed E-state index contributed by atoms with van der Waals surface area (Å²) >= 11 is 0. The molecule has 1 heteroatoms. The van der Waals surface area contributed by atoms with Crippen LogP contribution in [0.1, 0.15) is 73.3 Å². The van der Waals surface area contributed by atoms with E-state index in [0.717, 1.165) is 11.8 Å². The third kappa shape index (κ3) is 2.73. The molecule has 2 aromatic carbocycles. The second kappa shape index (κ2) is 6.90. The summed E-state index contributed by atoms with van der Waals surface area (Å²) in [5.74, 6) is 2.92. The van der Waals surface area contributed by atoms with Crippen molar-refractivity contribution in [3.63, 3.8) is 0 Å². The first-order valence-electron chi connectivity index (χ1n) is 14.2. The second-order valence-electron chi connectivity index (χ2n) is 12.6. The maximum Gasteiger partial charge on any atom is 0.0346 e. The lowest BCUT2D eigenvalue weighted by molar-refractivity contribution is 0.650. The first-order valence-corrected chi connectivity index (χ1v) is 14.2. The molecule has 4 unspecified atom stereocenters. The SMILES string of the molecule is CC1(C)C2=C(c3cc4c(cc31)C1=C(C=CCC1)C1CC41)C1CC1C(c1ccc(-c3cccnc3)cc1)=C2. The number of pyridine rings is 1. The van der Waals surface area contributed by atoms with E-state index in [9.17, 15) is 0 Å². The Hall–Kier alpha value is -3.45. The van der Waals surface area contributed by atoms with Crippen molar-refractivity contribution in [1.82, 2.24) is 4.98 Å². The van der Waals surface area contributed by atoms with Gasteiger partial charge in [-0.15, -0.1) is 0 Å². The summed E-state index contributed by atoms with van der Waals surface area (Å²) in [6.45, 7) is 4.95. The minimum Gasteiger partial charge on any atom is -0.264 e. The van der Waals surface area contributed by atoms with Gasteiger partial charge in [-0.25, -0.2) is 0 Å². The van der Waals surface area contributed by atoms with Crippen molar-refractivity contribution in [3.05, 3.63) is 118 Å². The van der Waals surface area contributed by atoms with Gasteiger partial charge in [0.1, 0.15) is 0 Å². The molecule has 0 bridgehead atoms. The Morgan fingerprint density at radius 2 is 1.68 bits per heavy atom. The van der Waals surface area contributed by atoms with Gasteiger partial charge in [0, 0.05) is 17.8 Å². The lowest BCUT2D eigenvalue weighted by Crippen LogP contribution is -2.18. The van der Waals surface area contributed by atoms with Crippen LogP contribution in [0.15, 0.2) is 90.3 Å². The number of hydrogen-bond donors (Lipinski definition) is 0. The molecular weight excluding hydrogens is 446 g/mol. The zero-order chi connectivity index (χ0) is 24.5. The maximum absolute atomic E-state index is 4.30. The molecule has 180 valence electrons. The summed E-state index contributed by atoms with van der Waals surface area (Å²) < 4.78 is 0. The summed E-state index contributed by atoms with van der Waals surface area (Å²) in [6.07, 6.45) is 16.3. The van der Waals surface area contributed by atoms with Gasteiger partial charge in [-0.2, -0.15) is 0 Å². The molecule has 0 amide bonds. The molecular formula is C36H31N. The van der Waals surface area contributed by atoms with Gasteiger partial charge < -0.3 is 0 Å². The Labute approximate surface area is 219 Å². The predicted octanol–water partition coefficient (Wildman–Crippen LogP) is 8.75. The zero-order valence-electron chi connectivity index (χ0n) is 21.6. The fourth-order valence-corrected chi connectivity index (χ4v) is 8.22. The molecule has 9 rings (SSSR count). The molecule has 1 aromatic heterocycles. The molecule has 4 atom stereocenters. The molecule has 6 aliphatic rings. The normalized spacial score (nSPS) is 29.0. The molecule has 2 fully saturated rings. The van der Waals surface area contributed by atoms with Gasteiger partial charge in [-0.1, -0.05) is 68.5 Å². The fourth-order valence-electron chi connectivity index (χ4n) is 8.22. The molecule has 0 spiro atoms. The number of benzene rings is 2. The van der Waals surface area contributed by atoms with Crippen molar-refractivity contribution < 1.29 is 0 Å². The third-order valence-corrected chi connectivity index (χ3v) is 10.3. The highest BCUT2D eigenvalue weighted by Crippen LogP contribution is 2.67. The topological polar surface area (TPSA) is 12.9 Å². The standard InChI is InChI=1S/C36H31N/c1-36(2)33-18-30-24-8-4-3-7-23(24)26-14-28(26)29(30)16-32(33)35-31-15-27(31)25(17-34(35)36)21-11-9-20(10-12-21)22-6-5-13-37-19-22/h3,5-7,9-13,16-19,26-28,31H,4,8,14-15H2,1-2H3. The molecule has 3 aromatic rings. The van der Waals surface area contributed by atoms with Gasteiger partial charge in [0.15, 0.2) is 0 Å². The summed E-state index contributed by atoms with van der Waals surface area (Å²) in [5, 5.41) is 0. The monoisotopic (exact) mass is 477 g/mol. The highest BCUT2D eigenvalue weighted by atomic mass is 14.6. The quantitative estimate of drug-likeness (QED) is 0.359. The molecule has 0 N–H and O–H groups in total. The van der Waals surface area contributed by atoms with Gasteiger partial charge in [0.2, 0.25) is 0 Å². The van der Waals surface area contributed by atoms with Gasteiger partial charge in [-0.05, 0) is 128 Å². The van der Waals surface area contributed by atoms with Gasteiger partial charge in [0.25, 0.3) is 0 Å². The van der Waals surface area contributed by atoms with Gasteiger partial charge >= 0.3 is 0 Å². The average molecular weight is 478 g/mol. The fraction of sp³-hybridized carbons (Fsp3) is 0.306. The first kappa shape index (κ1) is 20.6. The molecule has 0 radical (unpaired) electrons. The Morgan fingerprint density at radius 1 is 0.838 bits per heavy atom. The summed E-state index contributed by atoms with van der Waals surface area (Å²) in [4.78, 5) is 4.30. The summed E-state index contributed by atoms with van der Waals surface area (Å²) in [6, 6.07) is 18.7. The van der Waals surface area contributed by atoms with E-state index in [2.05, 4.69) is 79.5 Å². The van der Waals surface area contributed by atoms with Crippen LogP contribution in [-0.2, 0) is 5.41 Å². The van der Waals surface area contributed by atoms with Crippen molar-refractivity contribution in [1.29, 1.82) is 0 Å². The van der Waals surface area contributed by atoms with Crippen molar-refractivity contribution >= 4 is 16.7 Å². The Morgan fingerprint density at radius 3 is 2.51 bits per heavy atom. The number of nitrogens with zero attached hydrogens (tertiary/aromatic N) is 1. The molecule has 0 aliphatic heterocycles. The molecule has 6 aliphatic carbocycles.